The van der Waals surface area contributed by atoms with Gasteiger partial charge in [0.1, 0.15) is 0 Å². The lowest BCUT2D eigenvalue weighted by Gasteiger charge is -2.19. The van der Waals surface area contributed by atoms with E-state index in [0.717, 1.165) is 0 Å². The first-order valence-electron chi connectivity index (χ1n) is 2.20. The van der Waals surface area contributed by atoms with E-state index < -0.39 is 5.91 Å². The molecule has 0 aromatic rings. The van der Waals surface area contributed by atoms with Crippen LogP contribution in [-0.4, -0.2) is 35.7 Å². The van der Waals surface area contributed by atoms with Crippen LogP contribution >= 0.6 is 0 Å². The number of hydrogen-bond acceptors (Lipinski definition) is 3. The van der Waals surface area contributed by atoms with Crippen molar-refractivity contribution >= 4 is 0 Å². The summed E-state index contributed by atoms with van der Waals surface area (Å²) in [6.45, 7) is 1.34. The normalized spacial score (nSPS) is 11.2. The quantitative estimate of drug-likeness (QED) is 0.341. The van der Waals surface area contributed by atoms with E-state index >= 15 is 0 Å². The van der Waals surface area contributed by atoms with Gasteiger partial charge in [-0.3, -0.25) is 4.90 Å². The molecule has 0 rings (SSSR count). The van der Waals surface area contributed by atoms with Crippen LogP contribution in [0.5, 0.6) is 0 Å². The fourth-order valence-corrected chi connectivity index (χ4v) is 0. The second-order valence-electron chi connectivity index (χ2n) is 2.02. The van der Waals surface area contributed by atoms with Crippen LogP contribution in [-0.2, 0) is 0 Å². The molecule has 0 radical (unpaired) electrons. The third kappa shape index (κ3) is 4.01. The average Bonchev–Trinajstić information content (AvgIpc) is 1.31. The van der Waals surface area contributed by atoms with Crippen LogP contribution in [0.2, 0.25) is 0 Å². The van der Waals surface area contributed by atoms with Gasteiger partial charge in [-0.15, -0.1) is 0 Å². The molecular weight excluding hydrogens is 110 g/mol. The Morgan fingerprint density at radius 3 is 1.38 bits per heavy atom. The summed E-state index contributed by atoms with van der Waals surface area (Å²) in [5.41, 5.74) is 0. The van der Waals surface area contributed by atoms with Crippen molar-refractivity contribution in [1.82, 2.24) is 0 Å². The highest BCUT2D eigenvalue weighted by molar-refractivity contribution is 4.24. The molecule has 0 aromatic heterocycles. The fraction of sp³-hybridized carbons (Fsp3) is 1.00. The predicted octanol–water partition coefficient (Wildman–Crippen LogP) is -2.39. The Morgan fingerprint density at radius 1 is 1.25 bits per heavy atom. The Kier molecular flexibility index (Phi) is 4.01. The van der Waals surface area contributed by atoms with Gasteiger partial charge in [-0.05, 0) is 0 Å². The lowest BCUT2D eigenvalue weighted by molar-refractivity contribution is -0.971. The van der Waals surface area contributed by atoms with Gasteiger partial charge in [-0.2, -0.15) is 0 Å². The van der Waals surface area contributed by atoms with E-state index in [0.29, 0.717) is 4.90 Å². The first-order chi connectivity index (χ1) is 2.94. The molecule has 0 saturated heterocycles. The minimum atomic E-state index is -1.58. The lowest BCUT2D eigenvalue weighted by Crippen LogP contribution is -3.15. The van der Waals surface area contributed by atoms with E-state index in [1.807, 2.05) is 0 Å². The summed E-state index contributed by atoms with van der Waals surface area (Å²) >= 11 is 0. The Morgan fingerprint density at radius 2 is 1.38 bits per heavy atom. The smallest absolute Gasteiger partial charge is 0.309 e. The number of hydrogen-bond donors (Lipinski definition) is 3. The predicted molar refractivity (Wildman–Crippen MR) is 27.6 cm³/mol. The minimum Gasteiger partial charge on any atom is -0.870 e. The maximum Gasteiger partial charge on any atom is 0.309 e. The standard InChI is InChI=1S/C4H11NO2.H2O/c1-4(6,7)5(2)3;/h6-7H,1-3H3;1H2. The van der Waals surface area contributed by atoms with E-state index in [1.165, 1.54) is 6.92 Å². The molecular formula is C4H13NO3. The number of aliphatic hydroxyl groups is 2. The third-order valence-corrected chi connectivity index (χ3v) is 0.947. The molecule has 4 heteroatoms. The summed E-state index contributed by atoms with van der Waals surface area (Å²) in [7, 11) is 3.33. The molecule has 0 aliphatic heterocycles. The highest BCUT2D eigenvalue weighted by Crippen LogP contribution is 1.76. The highest BCUT2D eigenvalue weighted by Gasteiger charge is 2.21. The summed E-state index contributed by atoms with van der Waals surface area (Å²) in [5.74, 6) is -1.58. The summed E-state index contributed by atoms with van der Waals surface area (Å²) in [5, 5.41) is 17.2. The molecule has 0 fully saturated rings. The van der Waals surface area contributed by atoms with Gasteiger partial charge in [-0.1, -0.05) is 0 Å². The highest BCUT2D eigenvalue weighted by atomic mass is 16.5. The minimum absolute atomic E-state index is 0. The summed E-state index contributed by atoms with van der Waals surface area (Å²) in [6, 6.07) is 0. The van der Waals surface area contributed by atoms with Crippen LogP contribution in [0, 0.1) is 0 Å². The first-order valence-corrected chi connectivity index (χ1v) is 2.20. The molecule has 4 N–H and O–H groups in total. The maximum atomic E-state index is 8.61. The van der Waals surface area contributed by atoms with E-state index in [9.17, 15) is 0 Å². The van der Waals surface area contributed by atoms with Gasteiger partial charge in [0.15, 0.2) is 0 Å². The topological polar surface area (TPSA) is 74.9 Å². The van der Waals surface area contributed by atoms with E-state index in [1.54, 1.807) is 14.1 Å². The zero-order chi connectivity index (χ0) is 6.08. The Balaban J connectivity index is 0. The molecule has 0 aliphatic carbocycles. The van der Waals surface area contributed by atoms with Gasteiger partial charge in [0.25, 0.3) is 0 Å². The average molecular weight is 123 g/mol. The summed E-state index contributed by atoms with van der Waals surface area (Å²) < 4.78 is 0. The lowest BCUT2D eigenvalue weighted by atomic mass is 10.5. The molecule has 0 aliphatic rings. The molecule has 0 saturated carbocycles. The first kappa shape index (κ1) is 10.8. The SMILES string of the molecule is C[NH+](C)C(C)(O)O.[OH-]. The van der Waals surface area contributed by atoms with E-state index in [2.05, 4.69) is 0 Å². The molecule has 8 heavy (non-hydrogen) atoms. The molecule has 0 aromatic carbocycles. The van der Waals surface area contributed by atoms with Gasteiger partial charge >= 0.3 is 5.91 Å². The van der Waals surface area contributed by atoms with Gasteiger partial charge < -0.3 is 15.7 Å². The largest absolute Gasteiger partial charge is 0.870 e. The van der Waals surface area contributed by atoms with E-state index in [4.69, 9.17) is 10.2 Å². The van der Waals surface area contributed by atoms with Crippen LogP contribution in [0.25, 0.3) is 0 Å². The number of quaternary nitrogens is 1. The van der Waals surface area contributed by atoms with Gasteiger partial charge in [0.05, 0.1) is 14.1 Å². The number of rotatable bonds is 1. The molecule has 52 valence electrons. The van der Waals surface area contributed by atoms with Crippen molar-refractivity contribution in [2.24, 2.45) is 0 Å². The zero-order valence-electron chi connectivity index (χ0n) is 5.34. The Bertz CT molecular complexity index is 56.8. The maximum absolute atomic E-state index is 8.61. The van der Waals surface area contributed by atoms with Gasteiger partial charge in [0, 0.05) is 6.92 Å². The van der Waals surface area contributed by atoms with Crippen molar-refractivity contribution < 1.29 is 20.6 Å². The van der Waals surface area contributed by atoms with Crippen LogP contribution in [0.4, 0.5) is 0 Å². The van der Waals surface area contributed by atoms with Crippen LogP contribution in [0.15, 0.2) is 0 Å². The van der Waals surface area contributed by atoms with Crippen molar-refractivity contribution in [3.05, 3.63) is 0 Å². The van der Waals surface area contributed by atoms with Gasteiger partial charge in [0.2, 0.25) is 0 Å². The molecule has 0 unspecified atom stereocenters. The monoisotopic (exact) mass is 123 g/mol. The van der Waals surface area contributed by atoms with Crippen molar-refractivity contribution in [3.8, 4) is 0 Å². The van der Waals surface area contributed by atoms with E-state index in [-0.39, 0.29) is 5.48 Å². The Labute approximate surface area is 48.7 Å². The van der Waals surface area contributed by atoms with Crippen LogP contribution in [0.1, 0.15) is 6.92 Å². The summed E-state index contributed by atoms with van der Waals surface area (Å²) in [6.07, 6.45) is 0. The molecule has 0 bridgehead atoms. The second kappa shape index (κ2) is 2.99. The van der Waals surface area contributed by atoms with Crippen molar-refractivity contribution in [3.63, 3.8) is 0 Å². The Hall–Kier alpha value is -0.160. The molecule has 4 nitrogen and oxygen atoms in total. The fourth-order valence-electron chi connectivity index (χ4n) is 0. The zero-order valence-corrected chi connectivity index (χ0v) is 5.34. The molecule has 0 spiro atoms. The van der Waals surface area contributed by atoms with Gasteiger partial charge in [-0.25, -0.2) is 0 Å². The molecule has 0 amide bonds. The third-order valence-electron chi connectivity index (χ3n) is 0.947. The molecule has 0 atom stereocenters. The number of nitrogens with one attached hydrogen (secondary N) is 1. The van der Waals surface area contributed by atoms with Crippen molar-refractivity contribution in [2.45, 2.75) is 12.8 Å². The van der Waals surface area contributed by atoms with Crippen LogP contribution < -0.4 is 4.90 Å². The summed E-state index contributed by atoms with van der Waals surface area (Å²) in [4.78, 5) is 0.604. The van der Waals surface area contributed by atoms with Crippen molar-refractivity contribution in [2.75, 3.05) is 14.1 Å². The molecule has 0 heterocycles. The van der Waals surface area contributed by atoms with Crippen LogP contribution in [0.3, 0.4) is 0 Å². The van der Waals surface area contributed by atoms with Crippen molar-refractivity contribution in [1.29, 1.82) is 0 Å². The second-order valence-corrected chi connectivity index (χ2v) is 2.02.